The maximum Gasteiger partial charge on any atom is 0.123 e. The number of hydrogen-bond acceptors (Lipinski definition) is 2. The van der Waals surface area contributed by atoms with E-state index in [1.54, 1.807) is 12.1 Å². The van der Waals surface area contributed by atoms with Gasteiger partial charge in [-0.05, 0) is 47.5 Å². The van der Waals surface area contributed by atoms with Gasteiger partial charge in [-0.15, -0.1) is 0 Å². The largest absolute Gasteiger partial charge is 0.307 e. The third-order valence-corrected chi connectivity index (χ3v) is 4.02. The summed E-state index contributed by atoms with van der Waals surface area (Å²) in [5, 5.41) is 7.80. The molecule has 0 aliphatic rings. The van der Waals surface area contributed by atoms with Crippen LogP contribution in [-0.2, 0) is 19.6 Å². The Bertz CT molecular complexity index is 549. The fraction of sp³-hybridized carbons (Fsp3) is 0.357. The van der Waals surface area contributed by atoms with Gasteiger partial charge in [0, 0.05) is 19.6 Å². The average Bonchev–Trinajstić information content (AvgIpc) is 2.68. The van der Waals surface area contributed by atoms with Crippen LogP contribution >= 0.6 is 15.9 Å². The van der Waals surface area contributed by atoms with E-state index in [-0.39, 0.29) is 5.82 Å². The lowest BCUT2D eigenvalue weighted by molar-refractivity contribution is 0.577. The zero-order valence-electron chi connectivity index (χ0n) is 11.1. The topological polar surface area (TPSA) is 29.9 Å². The molecule has 5 heteroatoms. The average molecular weight is 326 g/mol. The fourth-order valence-corrected chi connectivity index (χ4v) is 2.39. The molecule has 2 aromatic rings. The molecule has 1 aromatic carbocycles. The highest BCUT2D eigenvalue weighted by Gasteiger charge is 2.11. The van der Waals surface area contributed by atoms with Crippen molar-refractivity contribution in [3.63, 3.8) is 0 Å². The lowest BCUT2D eigenvalue weighted by Crippen LogP contribution is -2.16. The van der Waals surface area contributed by atoms with Crippen LogP contribution in [0.2, 0.25) is 0 Å². The molecule has 0 bridgehead atoms. The Hall–Kier alpha value is -1.20. The van der Waals surface area contributed by atoms with E-state index >= 15 is 0 Å². The Morgan fingerprint density at radius 2 is 1.95 bits per heavy atom. The standard InChI is InChI=1S/C14H17BrFN3/c1-3-19-13(14(15)10(2)18-19)9-17-8-11-4-6-12(16)7-5-11/h4-7,17H,3,8-9H2,1-2H3. The van der Waals surface area contributed by atoms with Crippen molar-refractivity contribution in [2.45, 2.75) is 33.5 Å². The van der Waals surface area contributed by atoms with Gasteiger partial charge in [0.2, 0.25) is 0 Å². The molecule has 1 N–H and O–H groups in total. The molecule has 0 unspecified atom stereocenters. The summed E-state index contributed by atoms with van der Waals surface area (Å²) in [6.07, 6.45) is 0. The summed E-state index contributed by atoms with van der Waals surface area (Å²) in [7, 11) is 0. The van der Waals surface area contributed by atoms with Crippen molar-refractivity contribution >= 4 is 15.9 Å². The third-order valence-electron chi connectivity index (χ3n) is 2.99. The zero-order valence-corrected chi connectivity index (χ0v) is 12.7. The minimum absolute atomic E-state index is 0.203. The first-order valence-corrected chi connectivity index (χ1v) is 7.08. The van der Waals surface area contributed by atoms with Crippen molar-refractivity contribution in [1.82, 2.24) is 15.1 Å². The highest BCUT2D eigenvalue weighted by Crippen LogP contribution is 2.20. The number of benzene rings is 1. The molecule has 2 rings (SSSR count). The molecule has 0 radical (unpaired) electrons. The monoisotopic (exact) mass is 325 g/mol. The first-order chi connectivity index (χ1) is 9.11. The molecular weight excluding hydrogens is 309 g/mol. The zero-order chi connectivity index (χ0) is 13.8. The molecule has 19 heavy (non-hydrogen) atoms. The second-order valence-corrected chi connectivity index (χ2v) is 5.18. The fourth-order valence-electron chi connectivity index (χ4n) is 1.97. The van der Waals surface area contributed by atoms with Crippen LogP contribution in [0.3, 0.4) is 0 Å². The molecule has 0 atom stereocenters. The maximum absolute atomic E-state index is 12.8. The first-order valence-electron chi connectivity index (χ1n) is 6.28. The lowest BCUT2D eigenvalue weighted by atomic mass is 10.2. The van der Waals surface area contributed by atoms with E-state index in [2.05, 4.69) is 33.3 Å². The van der Waals surface area contributed by atoms with Crippen LogP contribution < -0.4 is 5.32 Å². The molecule has 102 valence electrons. The maximum atomic E-state index is 12.8. The van der Waals surface area contributed by atoms with Gasteiger partial charge in [-0.1, -0.05) is 12.1 Å². The van der Waals surface area contributed by atoms with Crippen LogP contribution in [0.1, 0.15) is 23.9 Å². The normalized spacial score (nSPS) is 10.9. The van der Waals surface area contributed by atoms with Crippen molar-refractivity contribution in [2.24, 2.45) is 0 Å². The van der Waals surface area contributed by atoms with Crippen LogP contribution in [0, 0.1) is 12.7 Å². The first kappa shape index (κ1) is 14.2. The highest BCUT2D eigenvalue weighted by atomic mass is 79.9. The molecule has 0 fully saturated rings. The van der Waals surface area contributed by atoms with E-state index in [0.717, 1.165) is 34.5 Å². The minimum atomic E-state index is -0.203. The van der Waals surface area contributed by atoms with Crippen molar-refractivity contribution in [2.75, 3.05) is 0 Å². The van der Waals surface area contributed by atoms with E-state index in [4.69, 9.17) is 0 Å². The van der Waals surface area contributed by atoms with Gasteiger partial charge in [0.05, 0.1) is 15.9 Å². The number of aromatic nitrogens is 2. The van der Waals surface area contributed by atoms with E-state index < -0.39 is 0 Å². The molecular formula is C14H17BrFN3. The molecule has 0 saturated carbocycles. The van der Waals surface area contributed by atoms with Gasteiger partial charge in [0.1, 0.15) is 5.82 Å². The van der Waals surface area contributed by atoms with Gasteiger partial charge in [0.15, 0.2) is 0 Å². The summed E-state index contributed by atoms with van der Waals surface area (Å²) in [5.74, 6) is -0.203. The number of nitrogens with one attached hydrogen (secondary N) is 1. The number of nitrogens with zero attached hydrogens (tertiary/aromatic N) is 2. The van der Waals surface area contributed by atoms with Crippen molar-refractivity contribution in [1.29, 1.82) is 0 Å². The van der Waals surface area contributed by atoms with Crippen molar-refractivity contribution in [3.8, 4) is 0 Å². The Labute approximate surface area is 121 Å². The molecule has 3 nitrogen and oxygen atoms in total. The summed E-state index contributed by atoms with van der Waals surface area (Å²) in [6.45, 7) is 6.34. The second kappa shape index (κ2) is 6.30. The van der Waals surface area contributed by atoms with Gasteiger partial charge < -0.3 is 5.32 Å². The van der Waals surface area contributed by atoms with E-state index in [9.17, 15) is 4.39 Å². The molecule has 0 aliphatic heterocycles. The SMILES string of the molecule is CCn1nc(C)c(Br)c1CNCc1ccc(F)cc1. The van der Waals surface area contributed by atoms with Crippen LogP contribution in [0.5, 0.6) is 0 Å². The van der Waals surface area contributed by atoms with Crippen LogP contribution in [0.15, 0.2) is 28.7 Å². The summed E-state index contributed by atoms with van der Waals surface area (Å²) >= 11 is 3.56. The van der Waals surface area contributed by atoms with E-state index in [1.807, 2.05) is 11.6 Å². The second-order valence-electron chi connectivity index (χ2n) is 4.39. The number of hydrogen-bond donors (Lipinski definition) is 1. The quantitative estimate of drug-likeness (QED) is 0.913. The lowest BCUT2D eigenvalue weighted by Gasteiger charge is -2.07. The molecule has 0 aliphatic carbocycles. The number of halogens is 2. The minimum Gasteiger partial charge on any atom is -0.307 e. The predicted octanol–water partition coefficient (Wildman–Crippen LogP) is 3.40. The van der Waals surface area contributed by atoms with Crippen LogP contribution in [0.4, 0.5) is 4.39 Å². The Morgan fingerprint density at radius 1 is 1.26 bits per heavy atom. The highest BCUT2D eigenvalue weighted by molar-refractivity contribution is 9.10. The predicted molar refractivity (Wildman–Crippen MR) is 77.3 cm³/mol. The van der Waals surface area contributed by atoms with Crippen LogP contribution in [0.25, 0.3) is 0 Å². The number of rotatable bonds is 5. The molecule has 1 heterocycles. The van der Waals surface area contributed by atoms with E-state index in [1.165, 1.54) is 12.1 Å². The molecule has 0 spiro atoms. The smallest absolute Gasteiger partial charge is 0.123 e. The van der Waals surface area contributed by atoms with Gasteiger partial charge in [-0.25, -0.2) is 4.39 Å². The Morgan fingerprint density at radius 3 is 2.58 bits per heavy atom. The van der Waals surface area contributed by atoms with Gasteiger partial charge in [0.25, 0.3) is 0 Å². The van der Waals surface area contributed by atoms with Gasteiger partial charge >= 0.3 is 0 Å². The van der Waals surface area contributed by atoms with Gasteiger partial charge in [-0.3, -0.25) is 4.68 Å². The third kappa shape index (κ3) is 3.42. The molecule has 1 aromatic heterocycles. The van der Waals surface area contributed by atoms with Crippen LogP contribution in [-0.4, -0.2) is 9.78 Å². The van der Waals surface area contributed by atoms with E-state index in [0.29, 0.717) is 6.54 Å². The summed E-state index contributed by atoms with van der Waals surface area (Å²) in [6, 6.07) is 6.54. The summed E-state index contributed by atoms with van der Waals surface area (Å²) < 4.78 is 15.8. The molecule has 0 saturated heterocycles. The summed E-state index contributed by atoms with van der Waals surface area (Å²) in [4.78, 5) is 0. The van der Waals surface area contributed by atoms with Crippen molar-refractivity contribution < 1.29 is 4.39 Å². The number of aryl methyl sites for hydroxylation is 2. The Kier molecular flexibility index (Phi) is 4.71. The van der Waals surface area contributed by atoms with Gasteiger partial charge in [-0.2, -0.15) is 5.10 Å². The summed E-state index contributed by atoms with van der Waals surface area (Å²) in [5.41, 5.74) is 3.21. The van der Waals surface area contributed by atoms with Crippen molar-refractivity contribution in [3.05, 3.63) is 51.5 Å². The Balaban J connectivity index is 1.97. The molecule has 0 amide bonds.